The predicted molar refractivity (Wildman–Crippen MR) is 107 cm³/mol. The monoisotopic (exact) mass is 404 g/mol. The second-order valence-corrected chi connectivity index (χ2v) is 10.0. The van der Waals surface area contributed by atoms with E-state index in [9.17, 15) is 8.42 Å². The molecular formula is C19H20N2O2S3. The first kappa shape index (κ1) is 17.7. The lowest BCUT2D eigenvalue weighted by molar-refractivity contribution is 0.351. The van der Waals surface area contributed by atoms with E-state index in [2.05, 4.69) is 21.1 Å². The van der Waals surface area contributed by atoms with E-state index in [1.807, 2.05) is 23.6 Å². The van der Waals surface area contributed by atoms with Crippen LogP contribution >= 0.6 is 22.7 Å². The fourth-order valence-electron chi connectivity index (χ4n) is 3.46. The highest BCUT2D eigenvalue weighted by Gasteiger charge is 2.22. The SMILES string of the molecule is O=S(=O)(/N=c1/scc(-c2ccccc2)n1C1CCCCC1)c1cccs1. The van der Waals surface area contributed by atoms with Gasteiger partial charge < -0.3 is 4.57 Å². The summed E-state index contributed by atoms with van der Waals surface area (Å²) in [6.07, 6.45) is 5.76. The molecule has 7 heteroatoms. The van der Waals surface area contributed by atoms with Crippen molar-refractivity contribution in [3.8, 4) is 11.3 Å². The van der Waals surface area contributed by atoms with E-state index in [1.54, 1.807) is 17.5 Å². The number of sulfonamides is 1. The number of benzene rings is 1. The van der Waals surface area contributed by atoms with Gasteiger partial charge in [0.15, 0.2) is 0 Å². The second kappa shape index (κ2) is 7.50. The highest BCUT2D eigenvalue weighted by Crippen LogP contribution is 2.32. The number of rotatable bonds is 4. The van der Waals surface area contributed by atoms with Crippen LogP contribution in [0, 0.1) is 0 Å². The normalized spacial score (nSPS) is 16.8. The lowest BCUT2D eigenvalue weighted by atomic mass is 9.95. The third-order valence-electron chi connectivity index (χ3n) is 4.70. The van der Waals surface area contributed by atoms with Gasteiger partial charge in [-0.2, -0.15) is 8.42 Å². The Hall–Kier alpha value is -1.70. The van der Waals surface area contributed by atoms with Crippen LogP contribution in [-0.2, 0) is 10.0 Å². The standard InChI is InChI=1S/C19H20N2O2S3/c22-26(23,18-12-7-13-24-18)20-19-21(16-10-5-2-6-11-16)17(14-25-19)15-8-3-1-4-9-15/h1,3-4,7-9,12-14,16H,2,5-6,10-11H2/b20-19+. The average molecular weight is 405 g/mol. The van der Waals surface area contributed by atoms with Gasteiger partial charge in [0.1, 0.15) is 4.21 Å². The van der Waals surface area contributed by atoms with Crippen molar-refractivity contribution in [1.82, 2.24) is 4.57 Å². The molecule has 0 amide bonds. The van der Waals surface area contributed by atoms with Gasteiger partial charge in [-0.25, -0.2) is 0 Å². The Morgan fingerprint density at radius 2 is 1.73 bits per heavy atom. The van der Waals surface area contributed by atoms with E-state index in [-0.39, 0.29) is 0 Å². The Bertz CT molecular complexity index is 1030. The van der Waals surface area contributed by atoms with Crippen molar-refractivity contribution >= 4 is 32.7 Å². The topological polar surface area (TPSA) is 51.4 Å². The molecule has 1 aliphatic carbocycles. The third-order valence-corrected chi connectivity index (χ3v) is 8.29. The van der Waals surface area contributed by atoms with Crippen molar-refractivity contribution in [3.05, 3.63) is 58.0 Å². The highest BCUT2D eigenvalue weighted by atomic mass is 32.2. The van der Waals surface area contributed by atoms with E-state index in [0.29, 0.717) is 15.1 Å². The minimum absolute atomic E-state index is 0.294. The summed E-state index contributed by atoms with van der Waals surface area (Å²) in [5.41, 5.74) is 2.16. The van der Waals surface area contributed by atoms with Gasteiger partial charge >= 0.3 is 0 Å². The smallest absolute Gasteiger partial charge is 0.294 e. The van der Waals surface area contributed by atoms with Crippen molar-refractivity contribution in [2.75, 3.05) is 0 Å². The molecule has 1 fully saturated rings. The van der Waals surface area contributed by atoms with Gasteiger partial charge in [-0.15, -0.1) is 27.1 Å². The third kappa shape index (κ3) is 3.56. The first-order chi connectivity index (χ1) is 12.6. The molecule has 0 bridgehead atoms. The molecule has 0 unspecified atom stereocenters. The van der Waals surface area contributed by atoms with E-state index in [1.165, 1.54) is 41.9 Å². The van der Waals surface area contributed by atoms with Crippen molar-refractivity contribution in [1.29, 1.82) is 0 Å². The average Bonchev–Trinajstić information content (AvgIpc) is 3.33. The summed E-state index contributed by atoms with van der Waals surface area (Å²) in [4.78, 5) is 0.573. The molecule has 1 aromatic carbocycles. The Labute approximate surface area is 161 Å². The summed E-state index contributed by atoms with van der Waals surface area (Å²) in [5.74, 6) is 0. The number of thiophene rings is 1. The zero-order valence-electron chi connectivity index (χ0n) is 14.2. The van der Waals surface area contributed by atoms with Crippen LogP contribution in [0.25, 0.3) is 11.3 Å². The van der Waals surface area contributed by atoms with Crippen LogP contribution in [0.2, 0.25) is 0 Å². The Morgan fingerprint density at radius 3 is 2.42 bits per heavy atom. The van der Waals surface area contributed by atoms with Crippen molar-refractivity contribution in [3.63, 3.8) is 0 Å². The van der Waals surface area contributed by atoms with Gasteiger partial charge in [-0.1, -0.05) is 55.7 Å². The summed E-state index contributed by atoms with van der Waals surface area (Å²) < 4.78 is 32.0. The molecule has 2 aromatic heterocycles. The maximum absolute atomic E-state index is 12.7. The fraction of sp³-hybridized carbons (Fsp3) is 0.316. The molecule has 1 saturated carbocycles. The largest absolute Gasteiger partial charge is 0.313 e. The van der Waals surface area contributed by atoms with Gasteiger partial charge in [0.05, 0.1) is 5.69 Å². The lowest BCUT2D eigenvalue weighted by Crippen LogP contribution is -2.24. The van der Waals surface area contributed by atoms with Crippen LogP contribution < -0.4 is 4.80 Å². The first-order valence-corrected chi connectivity index (χ1v) is 11.9. The van der Waals surface area contributed by atoms with Crippen LogP contribution in [0.1, 0.15) is 38.1 Å². The van der Waals surface area contributed by atoms with E-state index in [0.717, 1.165) is 24.1 Å². The molecule has 0 aliphatic heterocycles. The fourth-order valence-corrected chi connectivity index (χ4v) is 6.60. The van der Waals surface area contributed by atoms with Gasteiger partial charge in [0.2, 0.25) is 4.80 Å². The molecule has 0 radical (unpaired) electrons. The molecule has 0 saturated heterocycles. The van der Waals surface area contributed by atoms with Crippen LogP contribution in [0.4, 0.5) is 0 Å². The van der Waals surface area contributed by atoms with Gasteiger partial charge in [0.25, 0.3) is 10.0 Å². The summed E-state index contributed by atoms with van der Waals surface area (Å²) in [6, 6.07) is 13.8. The van der Waals surface area contributed by atoms with E-state index >= 15 is 0 Å². The molecular weight excluding hydrogens is 384 g/mol. The van der Waals surface area contributed by atoms with Crippen LogP contribution in [-0.4, -0.2) is 13.0 Å². The van der Waals surface area contributed by atoms with Crippen LogP contribution in [0.15, 0.2) is 61.8 Å². The maximum Gasteiger partial charge on any atom is 0.294 e. The molecule has 3 aromatic rings. The molecule has 0 N–H and O–H groups in total. The van der Waals surface area contributed by atoms with Crippen LogP contribution in [0.5, 0.6) is 0 Å². The van der Waals surface area contributed by atoms with E-state index < -0.39 is 10.0 Å². The zero-order valence-corrected chi connectivity index (χ0v) is 16.7. The second-order valence-electron chi connectivity index (χ2n) is 6.43. The molecule has 1 aliphatic rings. The van der Waals surface area contributed by atoms with Gasteiger partial charge in [-0.05, 0) is 29.9 Å². The number of hydrogen-bond donors (Lipinski definition) is 0. The summed E-state index contributed by atoms with van der Waals surface area (Å²) in [6.45, 7) is 0. The maximum atomic E-state index is 12.7. The van der Waals surface area contributed by atoms with Crippen molar-refractivity contribution in [2.45, 2.75) is 42.4 Å². The molecule has 136 valence electrons. The molecule has 4 rings (SSSR count). The van der Waals surface area contributed by atoms with Gasteiger partial charge in [0, 0.05) is 11.4 Å². The van der Waals surface area contributed by atoms with Crippen molar-refractivity contribution < 1.29 is 8.42 Å². The summed E-state index contributed by atoms with van der Waals surface area (Å²) in [5, 5.41) is 3.80. The minimum Gasteiger partial charge on any atom is -0.313 e. The predicted octanol–water partition coefficient (Wildman–Crippen LogP) is 5.07. The quantitative estimate of drug-likeness (QED) is 0.609. The summed E-state index contributed by atoms with van der Waals surface area (Å²) in [7, 11) is -3.67. The van der Waals surface area contributed by atoms with Crippen LogP contribution in [0.3, 0.4) is 0 Å². The highest BCUT2D eigenvalue weighted by molar-refractivity contribution is 7.92. The Kier molecular flexibility index (Phi) is 5.11. The first-order valence-electron chi connectivity index (χ1n) is 8.75. The molecule has 26 heavy (non-hydrogen) atoms. The molecule has 0 atom stereocenters. The molecule has 4 nitrogen and oxygen atoms in total. The Balaban J connectivity index is 1.87. The van der Waals surface area contributed by atoms with Gasteiger partial charge in [-0.3, -0.25) is 0 Å². The minimum atomic E-state index is -3.67. The van der Waals surface area contributed by atoms with Crippen molar-refractivity contribution in [2.24, 2.45) is 4.40 Å². The number of hydrogen-bond acceptors (Lipinski definition) is 4. The number of nitrogens with zero attached hydrogens (tertiary/aromatic N) is 2. The molecule has 2 heterocycles. The van der Waals surface area contributed by atoms with E-state index in [4.69, 9.17) is 0 Å². The zero-order chi connectivity index (χ0) is 18.0. The summed E-state index contributed by atoms with van der Waals surface area (Å²) >= 11 is 2.62. The molecule has 0 spiro atoms. The number of aromatic nitrogens is 1. The number of thiazole rings is 1. The lowest BCUT2D eigenvalue weighted by Gasteiger charge is -2.25. The Morgan fingerprint density at radius 1 is 0.962 bits per heavy atom.